The van der Waals surface area contributed by atoms with Crippen molar-refractivity contribution in [2.45, 2.75) is 10.6 Å². The largest absolute Gasteiger partial charge is 0.399 e. The molecule has 1 aromatic carbocycles. The average molecular weight is 292 g/mol. The predicted octanol–water partition coefficient (Wildman–Crippen LogP) is 4.55. The zero-order chi connectivity index (χ0) is 12.4. The van der Waals surface area contributed by atoms with Crippen molar-refractivity contribution in [2.75, 3.05) is 5.73 Å². The van der Waals surface area contributed by atoms with Gasteiger partial charge >= 0.3 is 0 Å². The van der Waals surface area contributed by atoms with Gasteiger partial charge in [-0.25, -0.2) is 8.78 Å². The van der Waals surface area contributed by atoms with Crippen molar-refractivity contribution in [3.63, 3.8) is 0 Å². The molecule has 0 spiro atoms. The minimum absolute atomic E-state index is 0.0104. The molecule has 0 bridgehead atoms. The molecule has 0 unspecified atom stereocenters. The second kappa shape index (κ2) is 5.25. The molecule has 2 aromatic rings. The van der Waals surface area contributed by atoms with E-state index < -0.39 is 11.6 Å². The third kappa shape index (κ3) is 3.12. The number of nitrogen functional groups attached to an aromatic ring is 1. The van der Waals surface area contributed by atoms with Gasteiger partial charge in [-0.1, -0.05) is 11.6 Å². The fourth-order valence-electron chi connectivity index (χ4n) is 1.29. The molecule has 6 heteroatoms. The number of benzene rings is 1. The van der Waals surface area contributed by atoms with E-state index >= 15 is 0 Å². The van der Waals surface area contributed by atoms with Crippen LogP contribution in [0.25, 0.3) is 0 Å². The maximum absolute atomic E-state index is 13.5. The monoisotopic (exact) mass is 291 g/mol. The number of hydrogen-bond acceptors (Lipinski definition) is 3. The Hall–Kier alpha value is -0.780. The third-order valence-electron chi connectivity index (χ3n) is 2.01. The van der Waals surface area contributed by atoms with Crippen LogP contribution in [0, 0.1) is 11.6 Å². The molecule has 0 saturated carbocycles. The van der Waals surface area contributed by atoms with E-state index in [0.29, 0.717) is 10.1 Å². The standard InChI is InChI=1S/C11H8ClF2NS2/c12-10-2-1-7(17-10)5-16-11-8(13)3-6(15)4-9(11)14/h1-4H,5,15H2. The van der Waals surface area contributed by atoms with Crippen LogP contribution in [0.2, 0.25) is 4.34 Å². The highest BCUT2D eigenvalue weighted by molar-refractivity contribution is 7.98. The highest BCUT2D eigenvalue weighted by atomic mass is 35.5. The number of thioether (sulfide) groups is 1. The highest BCUT2D eigenvalue weighted by Crippen LogP contribution is 2.32. The Morgan fingerprint density at radius 1 is 1.24 bits per heavy atom. The fraction of sp³-hybridized carbons (Fsp3) is 0.0909. The van der Waals surface area contributed by atoms with Crippen LogP contribution in [-0.4, -0.2) is 0 Å². The molecule has 2 N–H and O–H groups in total. The normalized spacial score (nSPS) is 10.8. The van der Waals surface area contributed by atoms with E-state index in [4.69, 9.17) is 17.3 Å². The fourth-order valence-corrected chi connectivity index (χ4v) is 3.36. The summed E-state index contributed by atoms with van der Waals surface area (Å²) in [5.41, 5.74) is 5.42. The van der Waals surface area contributed by atoms with Crippen molar-refractivity contribution >= 4 is 40.4 Å². The van der Waals surface area contributed by atoms with Crippen LogP contribution >= 0.6 is 34.7 Å². The summed E-state index contributed by atoms with van der Waals surface area (Å²) in [6, 6.07) is 5.84. The zero-order valence-electron chi connectivity index (χ0n) is 8.54. The van der Waals surface area contributed by atoms with Gasteiger partial charge < -0.3 is 5.73 Å². The molecule has 1 aromatic heterocycles. The van der Waals surface area contributed by atoms with Gasteiger partial charge in [-0.15, -0.1) is 23.1 Å². The van der Waals surface area contributed by atoms with Gasteiger partial charge in [0.05, 0.1) is 9.23 Å². The molecule has 1 heterocycles. The number of nitrogens with two attached hydrogens (primary N) is 1. The van der Waals surface area contributed by atoms with Gasteiger partial charge in [0.15, 0.2) is 0 Å². The number of anilines is 1. The summed E-state index contributed by atoms with van der Waals surface area (Å²) in [5, 5.41) is 0. The minimum atomic E-state index is -0.629. The first-order valence-electron chi connectivity index (χ1n) is 4.68. The molecule has 0 radical (unpaired) electrons. The topological polar surface area (TPSA) is 26.0 Å². The molecule has 0 saturated heterocycles. The third-order valence-corrected chi connectivity index (χ3v) is 4.56. The lowest BCUT2D eigenvalue weighted by atomic mass is 10.3. The van der Waals surface area contributed by atoms with Gasteiger partial charge in [-0.2, -0.15) is 0 Å². The smallest absolute Gasteiger partial charge is 0.141 e. The lowest BCUT2D eigenvalue weighted by Crippen LogP contribution is -1.93. The lowest BCUT2D eigenvalue weighted by Gasteiger charge is -2.04. The van der Waals surface area contributed by atoms with Crippen LogP contribution in [0.4, 0.5) is 14.5 Å². The molecular weight excluding hydrogens is 284 g/mol. The Bertz CT molecular complexity index is 519. The van der Waals surface area contributed by atoms with E-state index in [1.54, 1.807) is 6.07 Å². The Labute approximate surface area is 111 Å². The predicted molar refractivity (Wildman–Crippen MR) is 69.7 cm³/mol. The van der Waals surface area contributed by atoms with E-state index in [0.717, 1.165) is 28.8 Å². The van der Waals surface area contributed by atoms with Crippen molar-refractivity contribution in [2.24, 2.45) is 0 Å². The van der Waals surface area contributed by atoms with Gasteiger partial charge in [0, 0.05) is 16.3 Å². The number of thiophene rings is 1. The summed E-state index contributed by atoms with van der Waals surface area (Å²) in [5.74, 6) is -0.778. The van der Waals surface area contributed by atoms with Gasteiger partial charge in [-0.3, -0.25) is 0 Å². The Morgan fingerprint density at radius 2 is 1.88 bits per heavy atom. The second-order valence-corrected chi connectivity index (χ2v) is 6.09. The molecule has 0 aliphatic carbocycles. The highest BCUT2D eigenvalue weighted by Gasteiger charge is 2.11. The molecule has 0 fully saturated rings. The van der Waals surface area contributed by atoms with E-state index in [9.17, 15) is 8.78 Å². The summed E-state index contributed by atoms with van der Waals surface area (Å²) in [4.78, 5) is 0.958. The first kappa shape index (κ1) is 12.7. The van der Waals surface area contributed by atoms with Crippen molar-refractivity contribution in [1.29, 1.82) is 0 Å². The number of rotatable bonds is 3. The van der Waals surface area contributed by atoms with Gasteiger partial charge in [-0.05, 0) is 24.3 Å². The Kier molecular flexibility index (Phi) is 3.91. The van der Waals surface area contributed by atoms with Crippen molar-refractivity contribution in [1.82, 2.24) is 0 Å². The second-order valence-electron chi connectivity index (χ2n) is 3.31. The molecule has 1 nitrogen and oxygen atoms in total. The summed E-state index contributed by atoms with van der Waals surface area (Å²) < 4.78 is 27.6. The van der Waals surface area contributed by atoms with Crippen LogP contribution in [0.1, 0.15) is 4.88 Å². The zero-order valence-corrected chi connectivity index (χ0v) is 10.9. The lowest BCUT2D eigenvalue weighted by molar-refractivity contribution is 0.542. The molecule has 2 rings (SSSR count). The molecule has 0 aliphatic rings. The van der Waals surface area contributed by atoms with Crippen LogP contribution < -0.4 is 5.73 Å². The molecule has 90 valence electrons. The van der Waals surface area contributed by atoms with E-state index in [-0.39, 0.29) is 10.6 Å². The first-order valence-corrected chi connectivity index (χ1v) is 6.86. The molecule has 0 atom stereocenters. The Balaban J connectivity index is 2.14. The SMILES string of the molecule is Nc1cc(F)c(SCc2ccc(Cl)s2)c(F)c1. The van der Waals surface area contributed by atoms with E-state index in [2.05, 4.69) is 0 Å². The molecule has 0 amide bonds. The van der Waals surface area contributed by atoms with Crippen LogP contribution in [-0.2, 0) is 5.75 Å². The van der Waals surface area contributed by atoms with Gasteiger partial charge in [0.1, 0.15) is 11.6 Å². The van der Waals surface area contributed by atoms with Gasteiger partial charge in [0.2, 0.25) is 0 Å². The number of halogens is 3. The molecular formula is C11H8ClF2NS2. The Morgan fingerprint density at radius 3 is 2.41 bits per heavy atom. The van der Waals surface area contributed by atoms with Crippen molar-refractivity contribution < 1.29 is 8.78 Å². The van der Waals surface area contributed by atoms with Crippen molar-refractivity contribution in [3.05, 3.63) is 45.1 Å². The van der Waals surface area contributed by atoms with Crippen LogP contribution in [0.5, 0.6) is 0 Å². The summed E-state index contributed by atoms with van der Waals surface area (Å²) in [6.45, 7) is 0. The molecule has 0 aliphatic heterocycles. The van der Waals surface area contributed by atoms with Gasteiger partial charge in [0.25, 0.3) is 0 Å². The summed E-state index contributed by atoms with van der Waals surface area (Å²) in [6.07, 6.45) is 0. The maximum atomic E-state index is 13.5. The van der Waals surface area contributed by atoms with Crippen LogP contribution in [0.3, 0.4) is 0 Å². The van der Waals surface area contributed by atoms with E-state index in [1.807, 2.05) is 6.07 Å². The molecule has 17 heavy (non-hydrogen) atoms. The average Bonchev–Trinajstić information content (AvgIpc) is 2.62. The summed E-state index contributed by atoms with van der Waals surface area (Å²) >= 11 is 8.26. The summed E-state index contributed by atoms with van der Waals surface area (Å²) in [7, 11) is 0. The number of hydrogen-bond donors (Lipinski definition) is 1. The van der Waals surface area contributed by atoms with E-state index in [1.165, 1.54) is 11.3 Å². The first-order chi connectivity index (χ1) is 8.06. The maximum Gasteiger partial charge on any atom is 0.141 e. The van der Waals surface area contributed by atoms with Crippen molar-refractivity contribution in [3.8, 4) is 0 Å². The minimum Gasteiger partial charge on any atom is -0.399 e. The quantitative estimate of drug-likeness (QED) is 0.663. The van der Waals surface area contributed by atoms with Crippen LogP contribution in [0.15, 0.2) is 29.2 Å².